The van der Waals surface area contributed by atoms with Crippen molar-refractivity contribution in [2.45, 2.75) is 38.9 Å². The van der Waals surface area contributed by atoms with Crippen LogP contribution in [-0.2, 0) is 6.54 Å². The molecule has 0 fully saturated rings. The third-order valence-electron chi connectivity index (χ3n) is 6.51. The summed E-state index contributed by atoms with van der Waals surface area (Å²) in [5.74, 6) is 1.23. The van der Waals surface area contributed by atoms with Crippen LogP contribution in [0, 0.1) is 0 Å². The van der Waals surface area contributed by atoms with Gasteiger partial charge in [-0.2, -0.15) is 0 Å². The molecule has 0 aliphatic carbocycles. The zero-order valence-corrected chi connectivity index (χ0v) is 19.8. The molecule has 35 heavy (non-hydrogen) atoms. The average molecular weight is 469 g/mol. The molecule has 1 aromatic heterocycles. The van der Waals surface area contributed by atoms with E-state index in [4.69, 9.17) is 9.72 Å². The number of nitrogens with one attached hydrogen (secondary N) is 1. The Morgan fingerprint density at radius 2 is 1.80 bits per heavy atom. The van der Waals surface area contributed by atoms with E-state index >= 15 is 0 Å². The number of urea groups is 1. The number of carbonyl (C=O) groups is 1. The van der Waals surface area contributed by atoms with E-state index in [1.165, 1.54) is 0 Å². The molecule has 7 nitrogen and oxygen atoms in total. The minimum absolute atomic E-state index is 0.0671. The third-order valence-corrected chi connectivity index (χ3v) is 6.51. The van der Waals surface area contributed by atoms with Gasteiger partial charge in [-0.05, 0) is 50.1 Å². The van der Waals surface area contributed by atoms with Crippen molar-refractivity contribution >= 4 is 22.6 Å². The Morgan fingerprint density at radius 3 is 2.60 bits per heavy atom. The van der Waals surface area contributed by atoms with Gasteiger partial charge in [-0.3, -0.25) is 9.36 Å². The molecule has 1 aliphatic rings. The SMILES string of the molecule is CCOc1ccccc1NC(=O)N(C(C)c1ccccc1)C1CCn2c1nc1ccccc1c2=O. The molecule has 2 heterocycles. The summed E-state index contributed by atoms with van der Waals surface area (Å²) in [4.78, 5) is 33.7. The van der Waals surface area contributed by atoms with E-state index in [-0.39, 0.29) is 23.7 Å². The van der Waals surface area contributed by atoms with Gasteiger partial charge >= 0.3 is 6.03 Å². The highest BCUT2D eigenvalue weighted by atomic mass is 16.5. The molecule has 3 aromatic carbocycles. The molecular formula is C28H28N4O3. The first-order valence-corrected chi connectivity index (χ1v) is 11.9. The van der Waals surface area contributed by atoms with E-state index in [9.17, 15) is 9.59 Å². The quantitative estimate of drug-likeness (QED) is 0.403. The number of hydrogen-bond donors (Lipinski definition) is 1. The molecule has 2 atom stereocenters. The number of para-hydroxylation sites is 3. The average Bonchev–Trinajstić information content (AvgIpc) is 3.30. The maximum Gasteiger partial charge on any atom is 0.323 e. The van der Waals surface area contributed by atoms with Gasteiger partial charge in [0.2, 0.25) is 0 Å². The first kappa shape index (κ1) is 22.7. The minimum atomic E-state index is -0.359. The van der Waals surface area contributed by atoms with Crippen LogP contribution in [0.2, 0.25) is 0 Å². The Bertz CT molecular complexity index is 1420. The van der Waals surface area contributed by atoms with Crippen molar-refractivity contribution in [3.05, 3.63) is 101 Å². The fraction of sp³-hybridized carbons (Fsp3) is 0.250. The Labute approximate surface area is 204 Å². The van der Waals surface area contributed by atoms with Crippen molar-refractivity contribution in [1.29, 1.82) is 0 Å². The predicted molar refractivity (Wildman–Crippen MR) is 137 cm³/mol. The smallest absolute Gasteiger partial charge is 0.323 e. The topological polar surface area (TPSA) is 76.5 Å². The van der Waals surface area contributed by atoms with Gasteiger partial charge in [0.05, 0.1) is 35.3 Å². The number of carbonyl (C=O) groups excluding carboxylic acids is 1. The fourth-order valence-electron chi connectivity index (χ4n) is 4.81. The van der Waals surface area contributed by atoms with Gasteiger partial charge < -0.3 is 15.0 Å². The van der Waals surface area contributed by atoms with Gasteiger partial charge in [-0.1, -0.05) is 54.6 Å². The molecule has 1 aliphatic heterocycles. The number of fused-ring (bicyclic) bond motifs is 2. The molecule has 0 spiro atoms. The van der Waals surface area contributed by atoms with Gasteiger partial charge in [0.25, 0.3) is 5.56 Å². The van der Waals surface area contributed by atoms with Crippen LogP contribution in [0.5, 0.6) is 5.75 Å². The largest absolute Gasteiger partial charge is 0.492 e. The molecule has 178 valence electrons. The minimum Gasteiger partial charge on any atom is -0.492 e. The van der Waals surface area contributed by atoms with Crippen LogP contribution in [-0.4, -0.2) is 27.1 Å². The van der Waals surface area contributed by atoms with Gasteiger partial charge in [-0.25, -0.2) is 9.78 Å². The standard InChI is InChI=1S/C28H28N4O3/c1-3-35-25-16-10-9-15-23(25)30-28(34)32(19(2)20-11-5-4-6-12-20)24-17-18-31-26(24)29-22-14-8-7-13-21(22)27(31)33/h4-16,19,24H,3,17-18H2,1-2H3,(H,30,34). The van der Waals surface area contributed by atoms with Gasteiger partial charge in [0.1, 0.15) is 11.6 Å². The molecule has 7 heteroatoms. The number of benzene rings is 3. The Morgan fingerprint density at radius 1 is 1.09 bits per heavy atom. The van der Waals surface area contributed by atoms with Gasteiger partial charge in [0.15, 0.2) is 0 Å². The van der Waals surface area contributed by atoms with Crippen LogP contribution in [0.15, 0.2) is 83.7 Å². The first-order chi connectivity index (χ1) is 17.1. The summed E-state index contributed by atoms with van der Waals surface area (Å²) in [6, 6.07) is 23.8. The molecule has 0 radical (unpaired) electrons. The predicted octanol–water partition coefficient (Wildman–Crippen LogP) is 5.54. The van der Waals surface area contributed by atoms with Crippen molar-refractivity contribution in [2.75, 3.05) is 11.9 Å². The van der Waals surface area contributed by atoms with Crippen molar-refractivity contribution in [1.82, 2.24) is 14.5 Å². The van der Waals surface area contributed by atoms with Crippen molar-refractivity contribution in [2.24, 2.45) is 0 Å². The lowest BCUT2D eigenvalue weighted by molar-refractivity contribution is 0.159. The monoisotopic (exact) mass is 468 g/mol. The zero-order valence-electron chi connectivity index (χ0n) is 19.8. The Balaban J connectivity index is 1.57. The molecule has 1 N–H and O–H groups in total. The molecular weight excluding hydrogens is 440 g/mol. The van der Waals surface area contributed by atoms with E-state index < -0.39 is 0 Å². The molecule has 2 unspecified atom stereocenters. The normalized spacial score (nSPS) is 15.4. The summed E-state index contributed by atoms with van der Waals surface area (Å²) in [5.41, 5.74) is 2.18. The van der Waals surface area contributed by atoms with Crippen molar-refractivity contribution in [3.63, 3.8) is 0 Å². The maximum atomic E-state index is 13.9. The summed E-state index contributed by atoms with van der Waals surface area (Å²) in [6.07, 6.45) is 0.607. The number of aromatic nitrogens is 2. The van der Waals surface area contributed by atoms with Crippen LogP contribution in [0.25, 0.3) is 10.9 Å². The van der Waals surface area contributed by atoms with E-state index in [0.717, 1.165) is 5.56 Å². The number of rotatable bonds is 6. The van der Waals surface area contributed by atoms with Gasteiger partial charge in [0, 0.05) is 6.54 Å². The van der Waals surface area contributed by atoms with E-state index in [1.54, 1.807) is 15.5 Å². The van der Waals surface area contributed by atoms with E-state index in [1.807, 2.05) is 86.6 Å². The lowest BCUT2D eigenvalue weighted by atomic mass is 10.0. The van der Waals surface area contributed by atoms with Crippen LogP contribution in [0.4, 0.5) is 10.5 Å². The lowest BCUT2D eigenvalue weighted by Crippen LogP contribution is -2.40. The second kappa shape index (κ2) is 9.62. The third kappa shape index (κ3) is 4.25. The highest BCUT2D eigenvalue weighted by molar-refractivity contribution is 5.91. The zero-order chi connectivity index (χ0) is 24.4. The molecule has 2 amide bonds. The maximum absolute atomic E-state index is 13.9. The highest BCUT2D eigenvalue weighted by Gasteiger charge is 2.37. The summed E-state index contributed by atoms with van der Waals surface area (Å²) in [5, 5.41) is 3.64. The Kier molecular flexibility index (Phi) is 6.23. The molecule has 0 saturated heterocycles. The van der Waals surface area contributed by atoms with Gasteiger partial charge in [-0.15, -0.1) is 0 Å². The molecule has 5 rings (SSSR count). The van der Waals surface area contributed by atoms with E-state index in [0.29, 0.717) is 47.7 Å². The summed E-state index contributed by atoms with van der Waals surface area (Å²) in [6.45, 7) is 4.92. The van der Waals surface area contributed by atoms with Crippen LogP contribution in [0.1, 0.15) is 43.7 Å². The first-order valence-electron chi connectivity index (χ1n) is 11.9. The van der Waals surface area contributed by atoms with E-state index in [2.05, 4.69) is 5.32 Å². The summed E-state index contributed by atoms with van der Waals surface area (Å²) < 4.78 is 7.42. The number of nitrogens with zero attached hydrogens (tertiary/aromatic N) is 3. The fourth-order valence-corrected chi connectivity index (χ4v) is 4.81. The van der Waals surface area contributed by atoms with Crippen molar-refractivity contribution < 1.29 is 9.53 Å². The lowest BCUT2D eigenvalue weighted by Gasteiger charge is -2.34. The molecule has 4 aromatic rings. The molecule has 0 bridgehead atoms. The number of amides is 2. The highest BCUT2D eigenvalue weighted by Crippen LogP contribution is 2.37. The molecule has 0 saturated carbocycles. The second-order valence-electron chi connectivity index (χ2n) is 8.60. The number of anilines is 1. The van der Waals surface area contributed by atoms with Crippen LogP contribution in [0.3, 0.4) is 0 Å². The Hall–Kier alpha value is -4.13. The second-order valence-corrected chi connectivity index (χ2v) is 8.60. The summed E-state index contributed by atoms with van der Waals surface area (Å²) >= 11 is 0. The van der Waals surface area contributed by atoms with Crippen LogP contribution < -0.4 is 15.6 Å². The van der Waals surface area contributed by atoms with Crippen molar-refractivity contribution in [3.8, 4) is 5.75 Å². The number of ether oxygens (including phenoxy) is 1. The summed E-state index contributed by atoms with van der Waals surface area (Å²) in [7, 11) is 0. The number of hydrogen-bond acceptors (Lipinski definition) is 4. The van der Waals surface area contributed by atoms with Crippen LogP contribution >= 0.6 is 0 Å².